The van der Waals surface area contributed by atoms with E-state index in [2.05, 4.69) is 30.6 Å². The summed E-state index contributed by atoms with van der Waals surface area (Å²) in [4.78, 5) is 5.43. The van der Waals surface area contributed by atoms with Crippen LogP contribution in [0.4, 0.5) is 0 Å². The minimum Gasteiger partial charge on any atom is -0.375 e. The van der Waals surface area contributed by atoms with Gasteiger partial charge in [-0.25, -0.2) is 0 Å². The lowest BCUT2D eigenvalue weighted by Gasteiger charge is -2.53. The first kappa shape index (κ1) is 18.7. The molecule has 24 heavy (non-hydrogen) atoms. The number of hydrogen-bond acceptors (Lipinski definition) is 3. The largest absolute Gasteiger partial charge is 0.375 e. The van der Waals surface area contributed by atoms with Gasteiger partial charge in [0.15, 0.2) is 0 Å². The number of ether oxygens (including phenoxy) is 1. The molecule has 3 heteroatoms. The quantitative estimate of drug-likeness (QED) is 0.694. The van der Waals surface area contributed by atoms with Crippen LogP contribution in [-0.2, 0) is 4.74 Å². The van der Waals surface area contributed by atoms with E-state index in [9.17, 15) is 0 Å². The molecule has 3 rings (SSSR count). The van der Waals surface area contributed by atoms with Crippen molar-refractivity contribution in [3.63, 3.8) is 0 Å². The first-order valence-electron chi connectivity index (χ1n) is 10.7. The number of rotatable bonds is 7. The summed E-state index contributed by atoms with van der Waals surface area (Å²) in [6, 6.07) is 0. The van der Waals surface area contributed by atoms with Gasteiger partial charge in [-0.15, -0.1) is 0 Å². The van der Waals surface area contributed by atoms with Crippen molar-refractivity contribution in [3.8, 4) is 0 Å². The van der Waals surface area contributed by atoms with E-state index in [1.807, 2.05) is 0 Å². The normalized spacial score (nSPS) is 28.1. The SMILES string of the molecule is CCCN1CCC(CN2CCC3(CC2)CC(OC(C)CC)C3)CC1. The number of hydrogen-bond donors (Lipinski definition) is 0. The smallest absolute Gasteiger partial charge is 0.0589 e. The van der Waals surface area contributed by atoms with Crippen molar-refractivity contribution in [2.45, 2.75) is 84.3 Å². The number of nitrogens with zero attached hydrogens (tertiary/aromatic N) is 2. The van der Waals surface area contributed by atoms with Gasteiger partial charge in [-0.05, 0) is 102 Å². The summed E-state index contributed by atoms with van der Waals surface area (Å²) in [5.74, 6) is 0.954. The van der Waals surface area contributed by atoms with Crippen LogP contribution in [0.5, 0.6) is 0 Å². The third kappa shape index (κ3) is 4.74. The zero-order valence-electron chi connectivity index (χ0n) is 16.4. The van der Waals surface area contributed by atoms with Gasteiger partial charge in [0.1, 0.15) is 0 Å². The van der Waals surface area contributed by atoms with Crippen LogP contribution in [0.15, 0.2) is 0 Å². The summed E-state index contributed by atoms with van der Waals surface area (Å²) in [7, 11) is 0. The first-order chi connectivity index (χ1) is 11.6. The minimum atomic E-state index is 0.450. The minimum absolute atomic E-state index is 0.450. The second kappa shape index (κ2) is 8.51. The second-order valence-corrected chi connectivity index (χ2v) is 8.97. The van der Waals surface area contributed by atoms with Gasteiger partial charge in [0.05, 0.1) is 12.2 Å². The van der Waals surface area contributed by atoms with E-state index < -0.39 is 0 Å². The Morgan fingerprint density at radius 1 is 1.00 bits per heavy atom. The highest BCUT2D eigenvalue weighted by molar-refractivity contribution is 4.98. The molecule has 1 spiro atoms. The fourth-order valence-electron chi connectivity index (χ4n) is 5.12. The van der Waals surface area contributed by atoms with Gasteiger partial charge in [0.25, 0.3) is 0 Å². The molecule has 2 saturated heterocycles. The second-order valence-electron chi connectivity index (χ2n) is 8.97. The molecule has 3 aliphatic rings. The summed E-state index contributed by atoms with van der Waals surface area (Å²) < 4.78 is 6.12. The fraction of sp³-hybridized carbons (Fsp3) is 1.00. The molecular weight excluding hydrogens is 296 g/mol. The summed E-state index contributed by atoms with van der Waals surface area (Å²) in [6.45, 7) is 14.8. The van der Waals surface area contributed by atoms with Gasteiger partial charge in [0, 0.05) is 6.54 Å². The summed E-state index contributed by atoms with van der Waals surface area (Å²) >= 11 is 0. The zero-order chi connectivity index (χ0) is 17.0. The third-order valence-electron chi connectivity index (χ3n) is 7.00. The van der Waals surface area contributed by atoms with Crippen molar-refractivity contribution in [1.82, 2.24) is 9.80 Å². The van der Waals surface area contributed by atoms with E-state index in [-0.39, 0.29) is 0 Å². The molecule has 2 aliphatic heterocycles. The Balaban J connectivity index is 1.32. The highest BCUT2D eigenvalue weighted by Crippen LogP contribution is 2.50. The molecule has 1 unspecified atom stereocenters. The van der Waals surface area contributed by atoms with Crippen LogP contribution in [0.3, 0.4) is 0 Å². The molecule has 0 N–H and O–H groups in total. The standard InChI is InChI=1S/C21H40N2O/c1-4-10-22-11-6-19(7-12-22)17-23-13-8-21(9-14-23)15-20(16-21)24-18(3)5-2/h18-20H,4-17H2,1-3H3. The van der Waals surface area contributed by atoms with Gasteiger partial charge >= 0.3 is 0 Å². The molecule has 0 aromatic heterocycles. The van der Waals surface area contributed by atoms with Gasteiger partial charge in [-0.1, -0.05) is 13.8 Å². The van der Waals surface area contributed by atoms with Crippen molar-refractivity contribution in [1.29, 1.82) is 0 Å². The molecule has 0 bridgehead atoms. The third-order valence-corrected chi connectivity index (χ3v) is 7.00. The van der Waals surface area contributed by atoms with Crippen molar-refractivity contribution >= 4 is 0 Å². The highest BCUT2D eigenvalue weighted by Gasteiger charge is 2.46. The van der Waals surface area contributed by atoms with E-state index in [1.165, 1.54) is 84.2 Å². The predicted molar refractivity (Wildman–Crippen MR) is 101 cm³/mol. The molecule has 0 aromatic carbocycles. The predicted octanol–water partition coefficient (Wildman–Crippen LogP) is 4.17. The first-order valence-corrected chi connectivity index (χ1v) is 10.7. The Hall–Kier alpha value is -0.120. The van der Waals surface area contributed by atoms with E-state index in [0.717, 1.165) is 12.3 Å². The van der Waals surface area contributed by atoms with Gasteiger partial charge in [0.2, 0.25) is 0 Å². The molecule has 0 aromatic rings. The van der Waals surface area contributed by atoms with E-state index in [1.54, 1.807) is 0 Å². The van der Waals surface area contributed by atoms with Gasteiger partial charge in [-0.3, -0.25) is 0 Å². The molecule has 3 fully saturated rings. The van der Waals surface area contributed by atoms with Crippen LogP contribution >= 0.6 is 0 Å². The van der Waals surface area contributed by atoms with E-state index in [0.29, 0.717) is 17.6 Å². The van der Waals surface area contributed by atoms with Crippen LogP contribution in [0.2, 0.25) is 0 Å². The molecule has 140 valence electrons. The lowest BCUT2D eigenvalue weighted by atomic mass is 9.61. The maximum absolute atomic E-state index is 6.12. The lowest BCUT2D eigenvalue weighted by molar-refractivity contribution is -0.128. The van der Waals surface area contributed by atoms with Crippen LogP contribution in [-0.4, -0.2) is 61.3 Å². The van der Waals surface area contributed by atoms with E-state index in [4.69, 9.17) is 4.74 Å². The van der Waals surface area contributed by atoms with Crippen molar-refractivity contribution in [3.05, 3.63) is 0 Å². The topological polar surface area (TPSA) is 15.7 Å². The van der Waals surface area contributed by atoms with Gasteiger partial charge < -0.3 is 14.5 Å². The molecule has 3 nitrogen and oxygen atoms in total. The van der Waals surface area contributed by atoms with E-state index >= 15 is 0 Å². The molecule has 2 heterocycles. The maximum Gasteiger partial charge on any atom is 0.0589 e. The van der Waals surface area contributed by atoms with Crippen molar-refractivity contribution in [2.75, 3.05) is 39.3 Å². The molecule has 0 radical (unpaired) electrons. The average Bonchev–Trinajstić information content (AvgIpc) is 2.57. The van der Waals surface area contributed by atoms with Crippen molar-refractivity contribution < 1.29 is 4.74 Å². The molecular formula is C21H40N2O. The average molecular weight is 337 g/mol. The van der Waals surface area contributed by atoms with Gasteiger partial charge in [-0.2, -0.15) is 0 Å². The fourth-order valence-corrected chi connectivity index (χ4v) is 5.12. The molecule has 1 aliphatic carbocycles. The Kier molecular flexibility index (Phi) is 6.62. The lowest BCUT2D eigenvalue weighted by Crippen LogP contribution is -2.51. The zero-order valence-corrected chi connectivity index (χ0v) is 16.4. The highest BCUT2D eigenvalue weighted by atomic mass is 16.5. The summed E-state index contributed by atoms with van der Waals surface area (Å²) in [5, 5.41) is 0. The summed E-state index contributed by atoms with van der Waals surface area (Å²) in [5.41, 5.74) is 0.652. The Morgan fingerprint density at radius 3 is 2.25 bits per heavy atom. The Morgan fingerprint density at radius 2 is 1.67 bits per heavy atom. The molecule has 0 amide bonds. The molecule has 1 saturated carbocycles. The Bertz CT molecular complexity index is 362. The van der Waals surface area contributed by atoms with Crippen LogP contribution in [0.1, 0.15) is 72.1 Å². The summed E-state index contributed by atoms with van der Waals surface area (Å²) in [6.07, 6.45) is 11.8. The molecule has 1 atom stereocenters. The number of piperidine rings is 2. The van der Waals surface area contributed by atoms with Crippen LogP contribution in [0.25, 0.3) is 0 Å². The van der Waals surface area contributed by atoms with Crippen LogP contribution in [0, 0.1) is 11.3 Å². The maximum atomic E-state index is 6.12. The Labute approximate surface area is 150 Å². The van der Waals surface area contributed by atoms with Crippen molar-refractivity contribution in [2.24, 2.45) is 11.3 Å². The number of likely N-dealkylation sites (tertiary alicyclic amines) is 2. The monoisotopic (exact) mass is 336 g/mol. The van der Waals surface area contributed by atoms with Crippen LogP contribution < -0.4 is 0 Å².